The summed E-state index contributed by atoms with van der Waals surface area (Å²) in [4.78, 5) is 8.28. The average molecular weight is 333 g/mol. The Morgan fingerprint density at radius 2 is 1.92 bits per heavy atom. The molecule has 25 heavy (non-hydrogen) atoms. The molecular formula is C19H14FN4O+. The predicted octanol–water partition coefficient (Wildman–Crippen LogP) is 3.68. The zero-order chi connectivity index (χ0) is 17.1. The first-order valence-corrected chi connectivity index (χ1v) is 7.69. The smallest absolute Gasteiger partial charge is 0.242 e. The standard InChI is InChI=1S/C19H13FN4O/c20-14-10-15(12-17(11-14)25-16-4-3-7-21-13-16)24-9-6-19(23-24)18-5-1-2-8-22-18/h1-13H/p+1. The Kier molecular flexibility index (Phi) is 3.92. The summed E-state index contributed by atoms with van der Waals surface area (Å²) in [6, 6.07) is 15.6. The maximum atomic E-state index is 14.0. The summed E-state index contributed by atoms with van der Waals surface area (Å²) in [5, 5.41) is 3.18. The van der Waals surface area contributed by atoms with Crippen molar-refractivity contribution in [1.82, 2.24) is 15.1 Å². The summed E-state index contributed by atoms with van der Waals surface area (Å²) in [5.41, 5.74) is 2.25. The van der Waals surface area contributed by atoms with Crippen molar-refractivity contribution in [3.05, 3.63) is 85.2 Å². The Bertz CT molecular complexity index is 987. The Balaban J connectivity index is 1.66. The molecule has 5 nitrogen and oxygen atoms in total. The summed E-state index contributed by atoms with van der Waals surface area (Å²) in [5.74, 6) is 0.548. The first-order valence-electron chi connectivity index (χ1n) is 7.69. The summed E-state index contributed by atoms with van der Waals surface area (Å²) in [7, 11) is 0. The number of benzene rings is 1. The zero-order valence-electron chi connectivity index (χ0n) is 13.1. The van der Waals surface area contributed by atoms with Gasteiger partial charge >= 0.3 is 0 Å². The minimum atomic E-state index is -0.391. The van der Waals surface area contributed by atoms with Crippen LogP contribution in [0.25, 0.3) is 17.1 Å². The van der Waals surface area contributed by atoms with Crippen LogP contribution in [0.4, 0.5) is 4.39 Å². The van der Waals surface area contributed by atoms with E-state index in [1.807, 2.05) is 30.5 Å². The van der Waals surface area contributed by atoms with E-state index in [-0.39, 0.29) is 0 Å². The van der Waals surface area contributed by atoms with E-state index in [0.717, 1.165) is 11.4 Å². The first kappa shape index (κ1) is 15.0. The van der Waals surface area contributed by atoms with Crippen LogP contribution in [0.1, 0.15) is 0 Å². The highest BCUT2D eigenvalue weighted by Gasteiger charge is 2.15. The molecule has 4 aromatic rings. The lowest BCUT2D eigenvalue weighted by Crippen LogP contribution is -2.31. The summed E-state index contributed by atoms with van der Waals surface area (Å²) in [6.07, 6.45) is 6.76. The molecule has 3 heterocycles. The van der Waals surface area contributed by atoms with E-state index in [4.69, 9.17) is 4.74 Å². The summed E-state index contributed by atoms with van der Waals surface area (Å²) >= 11 is 0. The lowest BCUT2D eigenvalue weighted by Gasteiger charge is -2.05. The molecule has 0 aliphatic heterocycles. The van der Waals surface area contributed by atoms with Crippen LogP contribution in [0.15, 0.2) is 79.4 Å². The average Bonchev–Trinajstić information content (AvgIpc) is 3.13. The Morgan fingerprint density at radius 1 is 0.960 bits per heavy atom. The molecule has 4 rings (SSSR count). The second-order valence-electron chi connectivity index (χ2n) is 5.36. The Morgan fingerprint density at radius 3 is 2.72 bits per heavy atom. The normalized spacial score (nSPS) is 10.6. The molecule has 3 aromatic heterocycles. The number of H-pyrrole nitrogens is 1. The second-order valence-corrected chi connectivity index (χ2v) is 5.36. The number of hydrogen-bond donors (Lipinski definition) is 1. The highest BCUT2D eigenvalue weighted by Crippen LogP contribution is 2.23. The van der Waals surface area contributed by atoms with Crippen LogP contribution < -0.4 is 9.42 Å². The topological polar surface area (TPSA) is 54.7 Å². The molecule has 0 saturated heterocycles. The number of aromatic amines is 1. The predicted molar refractivity (Wildman–Crippen MR) is 89.8 cm³/mol. The molecule has 0 atom stereocenters. The monoisotopic (exact) mass is 333 g/mol. The number of halogens is 1. The third-order valence-corrected chi connectivity index (χ3v) is 3.58. The molecule has 0 bridgehead atoms. The molecule has 0 amide bonds. The number of hydrogen-bond acceptors (Lipinski definition) is 3. The molecule has 1 aromatic carbocycles. The van der Waals surface area contributed by atoms with Crippen molar-refractivity contribution in [1.29, 1.82) is 0 Å². The molecule has 0 spiro atoms. The van der Waals surface area contributed by atoms with Crippen LogP contribution >= 0.6 is 0 Å². The second kappa shape index (κ2) is 6.52. The lowest BCUT2D eigenvalue weighted by molar-refractivity contribution is -0.654. The summed E-state index contributed by atoms with van der Waals surface area (Å²) < 4.78 is 21.4. The van der Waals surface area contributed by atoms with Crippen molar-refractivity contribution in [2.24, 2.45) is 0 Å². The van der Waals surface area contributed by atoms with E-state index in [1.54, 1.807) is 41.5 Å². The van der Waals surface area contributed by atoms with Crippen molar-refractivity contribution >= 4 is 0 Å². The third-order valence-electron chi connectivity index (χ3n) is 3.58. The molecule has 0 fully saturated rings. The minimum absolute atomic E-state index is 0.391. The van der Waals surface area contributed by atoms with Gasteiger partial charge in [0.2, 0.25) is 11.9 Å². The molecule has 122 valence electrons. The first-order chi connectivity index (χ1) is 12.3. The highest BCUT2D eigenvalue weighted by atomic mass is 19.1. The van der Waals surface area contributed by atoms with Crippen LogP contribution in [0.2, 0.25) is 0 Å². The highest BCUT2D eigenvalue weighted by molar-refractivity contribution is 5.52. The molecule has 0 aliphatic carbocycles. The fourth-order valence-corrected chi connectivity index (χ4v) is 2.46. The van der Waals surface area contributed by atoms with Gasteiger partial charge < -0.3 is 4.74 Å². The molecule has 1 N–H and O–H groups in total. The van der Waals surface area contributed by atoms with Crippen LogP contribution in [0, 0.1) is 5.82 Å². The zero-order valence-corrected chi connectivity index (χ0v) is 13.1. The van der Waals surface area contributed by atoms with Crippen LogP contribution in [-0.2, 0) is 0 Å². The number of aromatic nitrogens is 4. The number of nitrogens with zero attached hydrogens (tertiary/aromatic N) is 3. The van der Waals surface area contributed by atoms with Gasteiger partial charge in [-0.2, -0.15) is 5.10 Å². The quantitative estimate of drug-likeness (QED) is 0.580. The molecule has 0 unspecified atom stereocenters. The van der Waals surface area contributed by atoms with Crippen molar-refractivity contribution < 1.29 is 13.8 Å². The van der Waals surface area contributed by atoms with Gasteiger partial charge in [-0.15, -0.1) is 0 Å². The van der Waals surface area contributed by atoms with Crippen LogP contribution in [-0.4, -0.2) is 15.1 Å². The summed E-state index contributed by atoms with van der Waals surface area (Å²) in [6.45, 7) is 0. The van der Waals surface area contributed by atoms with Gasteiger partial charge in [0, 0.05) is 30.6 Å². The maximum Gasteiger partial charge on any atom is 0.242 e. The van der Waals surface area contributed by atoms with Gasteiger partial charge in [0.1, 0.15) is 23.0 Å². The fourth-order valence-electron chi connectivity index (χ4n) is 2.46. The van der Waals surface area contributed by atoms with E-state index in [9.17, 15) is 4.39 Å². The molecular weight excluding hydrogens is 319 g/mol. The maximum absolute atomic E-state index is 14.0. The van der Waals surface area contributed by atoms with E-state index < -0.39 is 5.82 Å². The van der Waals surface area contributed by atoms with Crippen LogP contribution in [0.5, 0.6) is 11.5 Å². The molecule has 0 saturated carbocycles. The largest absolute Gasteiger partial charge is 0.455 e. The van der Waals surface area contributed by atoms with Crippen LogP contribution in [0.3, 0.4) is 0 Å². The van der Waals surface area contributed by atoms with Gasteiger partial charge in [0.25, 0.3) is 0 Å². The van der Waals surface area contributed by atoms with Gasteiger partial charge in [-0.25, -0.2) is 4.39 Å². The Labute approximate surface area is 143 Å². The SMILES string of the molecule is Fc1cc(Oc2cccnc2)cc(-[n+]2ccc(-c3ccccn3)[nH]2)c1. The van der Waals surface area contributed by atoms with Crippen molar-refractivity contribution in [2.75, 3.05) is 0 Å². The molecule has 0 radical (unpaired) electrons. The van der Waals surface area contributed by atoms with Crippen molar-refractivity contribution in [3.63, 3.8) is 0 Å². The van der Waals surface area contributed by atoms with Crippen molar-refractivity contribution in [2.45, 2.75) is 0 Å². The van der Waals surface area contributed by atoms with Crippen molar-refractivity contribution in [3.8, 4) is 28.6 Å². The minimum Gasteiger partial charge on any atom is -0.455 e. The van der Waals surface area contributed by atoms with E-state index in [0.29, 0.717) is 17.2 Å². The van der Waals surface area contributed by atoms with Gasteiger partial charge in [-0.05, 0) is 24.3 Å². The number of nitrogens with one attached hydrogen (secondary N) is 1. The fraction of sp³-hybridized carbons (Fsp3) is 0. The molecule has 6 heteroatoms. The van der Waals surface area contributed by atoms with Gasteiger partial charge in [0.15, 0.2) is 0 Å². The third kappa shape index (κ3) is 3.37. The molecule has 0 aliphatic rings. The lowest BCUT2D eigenvalue weighted by atomic mass is 10.3. The van der Waals surface area contributed by atoms with Gasteiger partial charge in [-0.1, -0.05) is 10.7 Å². The number of ether oxygens (including phenoxy) is 1. The van der Waals surface area contributed by atoms with E-state index in [2.05, 4.69) is 15.1 Å². The van der Waals surface area contributed by atoms with Gasteiger partial charge in [-0.3, -0.25) is 9.97 Å². The Hall–Kier alpha value is -3.54. The van der Waals surface area contributed by atoms with E-state index >= 15 is 0 Å². The number of pyridine rings is 2. The van der Waals surface area contributed by atoms with E-state index in [1.165, 1.54) is 12.1 Å². The van der Waals surface area contributed by atoms with Gasteiger partial charge in [0.05, 0.1) is 18.0 Å². The number of rotatable bonds is 4.